The molecule has 2 heterocycles. The van der Waals surface area contributed by atoms with Crippen molar-refractivity contribution in [3.8, 4) is 0 Å². The molecule has 1 spiro atoms. The van der Waals surface area contributed by atoms with Crippen molar-refractivity contribution in [2.75, 3.05) is 4.90 Å². The Morgan fingerprint density at radius 3 is 2.17 bits per heavy atom. The molecule has 3 aromatic rings. The van der Waals surface area contributed by atoms with E-state index in [-0.39, 0.29) is 5.54 Å². The Morgan fingerprint density at radius 1 is 0.833 bits per heavy atom. The summed E-state index contributed by atoms with van der Waals surface area (Å²) in [6, 6.07) is 18.8. The molecule has 4 saturated carbocycles. The zero-order valence-corrected chi connectivity index (χ0v) is 18.4. The van der Waals surface area contributed by atoms with E-state index < -0.39 is 0 Å². The highest BCUT2D eigenvalue weighted by Gasteiger charge is 2.65. The molecule has 1 aliphatic heterocycles. The predicted molar refractivity (Wildman–Crippen MR) is 124 cm³/mol. The molecule has 2 heteroatoms. The number of benzene rings is 2. The van der Waals surface area contributed by atoms with Gasteiger partial charge in [-0.15, -0.1) is 0 Å². The van der Waals surface area contributed by atoms with Crippen LogP contribution in [0.3, 0.4) is 0 Å². The zero-order chi connectivity index (χ0) is 20.2. The lowest BCUT2D eigenvalue weighted by Gasteiger charge is -2.64. The van der Waals surface area contributed by atoms with Crippen LogP contribution in [0.4, 0.5) is 5.69 Å². The summed E-state index contributed by atoms with van der Waals surface area (Å²) in [5, 5.41) is 1.52. The molecule has 0 amide bonds. The summed E-state index contributed by atoms with van der Waals surface area (Å²) < 4.78 is 2.53. The first-order chi connectivity index (χ1) is 14.6. The van der Waals surface area contributed by atoms with Gasteiger partial charge in [0, 0.05) is 34.9 Å². The average Bonchev–Trinajstić information content (AvgIpc) is 3.18. The molecular weight excluding hydrogens is 364 g/mol. The highest BCUT2D eigenvalue weighted by atomic mass is 15.3. The minimum Gasteiger partial charge on any atom is -0.353 e. The number of aromatic nitrogens is 1. The van der Waals surface area contributed by atoms with Gasteiger partial charge in [-0.3, -0.25) is 0 Å². The Bertz CT molecular complexity index is 1140. The lowest BCUT2D eigenvalue weighted by atomic mass is 9.47. The Labute approximate surface area is 179 Å². The first kappa shape index (κ1) is 17.5. The molecule has 1 aromatic heterocycles. The largest absolute Gasteiger partial charge is 0.353 e. The number of nitrogens with zero attached hydrogens (tertiary/aromatic N) is 2. The van der Waals surface area contributed by atoms with Crippen molar-refractivity contribution in [2.24, 2.45) is 30.7 Å². The van der Waals surface area contributed by atoms with E-state index in [1.54, 1.807) is 11.3 Å². The fraction of sp³-hybridized carbons (Fsp3) is 0.500. The normalized spacial score (nSPS) is 36.2. The molecule has 0 radical (unpaired) electrons. The fourth-order valence-corrected chi connectivity index (χ4v) is 8.83. The minimum atomic E-state index is 0.176. The van der Waals surface area contributed by atoms with Crippen LogP contribution in [-0.4, -0.2) is 4.57 Å². The number of rotatable bonds is 1. The molecule has 4 bridgehead atoms. The van der Waals surface area contributed by atoms with E-state index in [0.29, 0.717) is 6.04 Å². The number of para-hydroxylation sites is 2. The van der Waals surface area contributed by atoms with Crippen molar-refractivity contribution in [2.45, 2.75) is 57.5 Å². The molecule has 154 valence electrons. The Morgan fingerprint density at radius 2 is 1.47 bits per heavy atom. The molecule has 4 fully saturated rings. The summed E-state index contributed by atoms with van der Waals surface area (Å²) in [5.74, 6) is 3.54. The van der Waals surface area contributed by atoms with Crippen LogP contribution < -0.4 is 4.90 Å². The first-order valence-corrected chi connectivity index (χ1v) is 12.0. The second kappa shape index (κ2) is 5.72. The van der Waals surface area contributed by atoms with Crippen molar-refractivity contribution >= 4 is 16.6 Å². The number of aryl methyl sites for hydroxylation is 2. The highest BCUT2D eigenvalue weighted by Crippen LogP contribution is 2.69. The van der Waals surface area contributed by atoms with Crippen molar-refractivity contribution in [1.82, 2.24) is 4.57 Å². The van der Waals surface area contributed by atoms with E-state index in [2.05, 4.69) is 78.9 Å². The van der Waals surface area contributed by atoms with Gasteiger partial charge in [-0.2, -0.15) is 0 Å². The van der Waals surface area contributed by atoms with Crippen LogP contribution in [0.1, 0.15) is 61.9 Å². The van der Waals surface area contributed by atoms with Gasteiger partial charge < -0.3 is 9.47 Å². The fourth-order valence-electron chi connectivity index (χ4n) is 8.83. The number of fused-ring (bicyclic) bond motifs is 3. The molecule has 4 aliphatic carbocycles. The third kappa shape index (κ3) is 1.88. The molecule has 5 aliphatic rings. The van der Waals surface area contributed by atoms with Gasteiger partial charge in [0.25, 0.3) is 0 Å². The number of hydrogen-bond acceptors (Lipinski definition) is 1. The summed E-state index contributed by atoms with van der Waals surface area (Å²) in [4.78, 5) is 2.92. The van der Waals surface area contributed by atoms with E-state index in [1.165, 1.54) is 54.3 Å². The van der Waals surface area contributed by atoms with Crippen LogP contribution in [0, 0.1) is 30.6 Å². The maximum absolute atomic E-state index is 2.92. The third-order valence-electron chi connectivity index (χ3n) is 9.49. The maximum atomic E-state index is 2.92. The van der Waals surface area contributed by atoms with Crippen molar-refractivity contribution in [1.29, 1.82) is 0 Å². The monoisotopic (exact) mass is 396 g/mol. The van der Waals surface area contributed by atoms with Crippen LogP contribution >= 0.6 is 0 Å². The van der Waals surface area contributed by atoms with Crippen LogP contribution in [-0.2, 0) is 12.6 Å². The zero-order valence-electron chi connectivity index (χ0n) is 18.4. The second-order valence-corrected chi connectivity index (χ2v) is 10.8. The summed E-state index contributed by atoms with van der Waals surface area (Å²) in [5.41, 5.74) is 7.77. The molecule has 0 N–H and O–H groups in total. The van der Waals surface area contributed by atoms with Crippen molar-refractivity contribution < 1.29 is 0 Å². The van der Waals surface area contributed by atoms with Gasteiger partial charge in [-0.25, -0.2) is 0 Å². The van der Waals surface area contributed by atoms with Crippen molar-refractivity contribution in [3.05, 3.63) is 65.4 Å². The SMILES string of the molecule is Cc1ccccc1N1C(C)c2c(c3ccccc3n2C)C12C1CC3CC(C1)CC2C3. The predicted octanol–water partition coefficient (Wildman–Crippen LogP) is 6.72. The smallest absolute Gasteiger partial charge is 0.0741 e. The van der Waals surface area contributed by atoms with Gasteiger partial charge in [0.05, 0.1) is 11.6 Å². The van der Waals surface area contributed by atoms with Gasteiger partial charge in [-0.1, -0.05) is 36.4 Å². The van der Waals surface area contributed by atoms with Gasteiger partial charge in [0.15, 0.2) is 0 Å². The summed E-state index contributed by atoms with van der Waals surface area (Å²) in [6.07, 6.45) is 7.25. The standard InChI is InChI=1S/C28H32N2/c1-17-8-4-6-10-24(17)30-18(2)27-26(23-9-5-7-11-25(23)29(27)3)28(30)21-13-19-12-20(15-21)16-22(28)14-19/h4-11,18-22H,12-16H2,1-3H3. The van der Waals surface area contributed by atoms with Gasteiger partial charge in [0.1, 0.15) is 0 Å². The van der Waals surface area contributed by atoms with Crippen LogP contribution in [0.15, 0.2) is 48.5 Å². The number of hydrogen-bond donors (Lipinski definition) is 0. The molecule has 30 heavy (non-hydrogen) atoms. The van der Waals surface area contributed by atoms with Gasteiger partial charge in [-0.05, 0) is 87.3 Å². The Balaban J connectivity index is 1.58. The molecule has 0 saturated heterocycles. The van der Waals surface area contributed by atoms with E-state index in [1.807, 2.05) is 0 Å². The van der Waals surface area contributed by atoms with E-state index in [0.717, 1.165) is 23.7 Å². The maximum Gasteiger partial charge on any atom is 0.0741 e. The molecule has 8 rings (SSSR count). The Kier molecular flexibility index (Phi) is 3.33. The number of anilines is 1. The quantitative estimate of drug-likeness (QED) is 0.443. The van der Waals surface area contributed by atoms with Gasteiger partial charge in [0.2, 0.25) is 0 Å². The lowest BCUT2D eigenvalue weighted by molar-refractivity contribution is -0.0596. The van der Waals surface area contributed by atoms with Crippen LogP contribution in [0.5, 0.6) is 0 Å². The topological polar surface area (TPSA) is 8.17 Å². The van der Waals surface area contributed by atoms with Crippen LogP contribution in [0.25, 0.3) is 10.9 Å². The van der Waals surface area contributed by atoms with E-state index in [9.17, 15) is 0 Å². The summed E-state index contributed by atoms with van der Waals surface area (Å²) >= 11 is 0. The minimum absolute atomic E-state index is 0.176. The third-order valence-corrected chi connectivity index (χ3v) is 9.49. The van der Waals surface area contributed by atoms with E-state index in [4.69, 9.17) is 0 Å². The van der Waals surface area contributed by atoms with Gasteiger partial charge >= 0.3 is 0 Å². The summed E-state index contributed by atoms with van der Waals surface area (Å²) in [7, 11) is 2.31. The van der Waals surface area contributed by atoms with Crippen LogP contribution in [0.2, 0.25) is 0 Å². The first-order valence-electron chi connectivity index (χ1n) is 12.0. The van der Waals surface area contributed by atoms with E-state index >= 15 is 0 Å². The Hall–Kier alpha value is -2.22. The molecule has 2 aromatic carbocycles. The average molecular weight is 397 g/mol. The summed E-state index contributed by atoms with van der Waals surface area (Å²) in [6.45, 7) is 4.79. The molecule has 1 unspecified atom stereocenters. The van der Waals surface area contributed by atoms with Crippen molar-refractivity contribution in [3.63, 3.8) is 0 Å². The lowest BCUT2D eigenvalue weighted by Crippen LogP contribution is -2.62. The second-order valence-electron chi connectivity index (χ2n) is 10.8. The molecular formula is C28H32N2. The highest BCUT2D eigenvalue weighted by molar-refractivity contribution is 5.90. The molecule has 2 nitrogen and oxygen atoms in total. The molecule has 1 atom stereocenters.